The normalized spacial score (nSPS) is 31.2. The standard InChI is InChI=1S/C18H26BrNO/c19-15-10-8-14(9-11-15)13-20-12-4-3-6-17(20)16-5-1-2-7-18(16)21/h8-11,16-18,21H,1-7,12-13H2. The number of hydrogen-bond donors (Lipinski definition) is 1. The summed E-state index contributed by atoms with van der Waals surface area (Å²) in [5.74, 6) is 0.495. The first-order chi connectivity index (χ1) is 10.2. The molecule has 2 aliphatic rings. The van der Waals surface area contributed by atoms with Crippen LogP contribution in [0.15, 0.2) is 28.7 Å². The third-order valence-electron chi connectivity index (χ3n) is 5.24. The van der Waals surface area contributed by atoms with E-state index in [1.807, 2.05) is 0 Å². The second-order valence-electron chi connectivity index (χ2n) is 6.68. The highest BCUT2D eigenvalue weighted by Gasteiger charge is 2.35. The molecule has 1 saturated heterocycles. The number of hydrogen-bond acceptors (Lipinski definition) is 2. The molecule has 3 heteroatoms. The summed E-state index contributed by atoms with van der Waals surface area (Å²) in [6.45, 7) is 2.21. The first kappa shape index (κ1) is 15.5. The minimum atomic E-state index is -0.0748. The van der Waals surface area contributed by atoms with Crippen molar-refractivity contribution in [2.45, 2.75) is 63.6 Å². The Balaban J connectivity index is 1.70. The van der Waals surface area contributed by atoms with E-state index < -0.39 is 0 Å². The number of nitrogens with zero attached hydrogens (tertiary/aromatic N) is 1. The molecule has 1 saturated carbocycles. The molecular formula is C18H26BrNO. The van der Waals surface area contributed by atoms with E-state index in [-0.39, 0.29) is 6.10 Å². The van der Waals surface area contributed by atoms with Gasteiger partial charge in [-0.15, -0.1) is 0 Å². The number of rotatable bonds is 3. The molecule has 3 rings (SSSR count). The van der Waals surface area contributed by atoms with Gasteiger partial charge in [-0.2, -0.15) is 0 Å². The zero-order chi connectivity index (χ0) is 14.7. The molecule has 116 valence electrons. The van der Waals surface area contributed by atoms with Crippen molar-refractivity contribution < 1.29 is 5.11 Å². The van der Waals surface area contributed by atoms with Crippen LogP contribution in [0, 0.1) is 5.92 Å². The Morgan fingerprint density at radius 3 is 2.48 bits per heavy atom. The minimum absolute atomic E-state index is 0.0748. The minimum Gasteiger partial charge on any atom is -0.393 e. The fourth-order valence-electron chi connectivity index (χ4n) is 4.11. The molecular weight excluding hydrogens is 326 g/mol. The molecule has 0 amide bonds. The third kappa shape index (κ3) is 3.88. The smallest absolute Gasteiger partial charge is 0.0583 e. The van der Waals surface area contributed by atoms with Crippen LogP contribution in [0.5, 0.6) is 0 Å². The van der Waals surface area contributed by atoms with Crippen molar-refractivity contribution in [3.05, 3.63) is 34.3 Å². The first-order valence-electron chi connectivity index (χ1n) is 8.40. The topological polar surface area (TPSA) is 23.5 Å². The summed E-state index contributed by atoms with van der Waals surface area (Å²) in [5, 5.41) is 10.4. The Labute approximate surface area is 136 Å². The van der Waals surface area contributed by atoms with Crippen LogP contribution in [0.1, 0.15) is 50.5 Å². The molecule has 21 heavy (non-hydrogen) atoms. The Morgan fingerprint density at radius 1 is 1.00 bits per heavy atom. The van der Waals surface area contributed by atoms with Crippen LogP contribution >= 0.6 is 15.9 Å². The maximum atomic E-state index is 10.4. The number of benzene rings is 1. The van der Waals surface area contributed by atoms with Crippen molar-refractivity contribution in [2.75, 3.05) is 6.54 Å². The number of aliphatic hydroxyl groups is 1. The fraction of sp³-hybridized carbons (Fsp3) is 0.667. The van der Waals surface area contributed by atoms with Gasteiger partial charge in [0.15, 0.2) is 0 Å². The predicted octanol–water partition coefficient (Wildman–Crippen LogP) is 4.35. The average Bonchev–Trinajstić information content (AvgIpc) is 2.51. The molecule has 3 unspecified atom stereocenters. The summed E-state index contributed by atoms with van der Waals surface area (Å²) >= 11 is 3.51. The molecule has 1 aromatic rings. The molecule has 0 spiro atoms. The summed E-state index contributed by atoms with van der Waals surface area (Å²) < 4.78 is 1.14. The van der Waals surface area contributed by atoms with E-state index >= 15 is 0 Å². The van der Waals surface area contributed by atoms with Gasteiger partial charge in [0.05, 0.1) is 6.10 Å². The lowest BCUT2D eigenvalue weighted by Gasteiger charge is -2.43. The summed E-state index contributed by atoms with van der Waals surface area (Å²) in [4.78, 5) is 2.63. The molecule has 0 aromatic heterocycles. The average molecular weight is 352 g/mol. The molecule has 2 nitrogen and oxygen atoms in total. The highest BCUT2D eigenvalue weighted by molar-refractivity contribution is 9.10. The van der Waals surface area contributed by atoms with Gasteiger partial charge < -0.3 is 5.11 Å². The van der Waals surface area contributed by atoms with Crippen LogP contribution in [0.3, 0.4) is 0 Å². The summed E-state index contributed by atoms with van der Waals surface area (Å²) in [5.41, 5.74) is 1.38. The molecule has 1 aliphatic carbocycles. The first-order valence-corrected chi connectivity index (χ1v) is 9.20. The third-order valence-corrected chi connectivity index (χ3v) is 5.77. The van der Waals surface area contributed by atoms with Crippen LogP contribution < -0.4 is 0 Å². The Hall–Kier alpha value is -0.380. The van der Waals surface area contributed by atoms with Crippen LogP contribution in [0.25, 0.3) is 0 Å². The SMILES string of the molecule is OC1CCCCC1C1CCCCN1Cc1ccc(Br)cc1. The quantitative estimate of drug-likeness (QED) is 0.874. The molecule has 0 radical (unpaired) electrons. The lowest BCUT2D eigenvalue weighted by atomic mass is 9.78. The second-order valence-corrected chi connectivity index (χ2v) is 7.59. The molecule has 1 N–H and O–H groups in total. The van der Waals surface area contributed by atoms with Gasteiger partial charge in [-0.25, -0.2) is 0 Å². The Morgan fingerprint density at radius 2 is 1.71 bits per heavy atom. The molecule has 3 atom stereocenters. The van der Waals surface area contributed by atoms with E-state index in [4.69, 9.17) is 0 Å². The van der Waals surface area contributed by atoms with Gasteiger partial charge in [-0.3, -0.25) is 4.90 Å². The lowest BCUT2D eigenvalue weighted by Crippen LogP contribution is -2.48. The zero-order valence-electron chi connectivity index (χ0n) is 12.7. The number of piperidine rings is 1. The number of halogens is 1. The van der Waals surface area contributed by atoms with E-state index in [0.29, 0.717) is 12.0 Å². The van der Waals surface area contributed by atoms with E-state index in [1.165, 1.54) is 50.6 Å². The van der Waals surface area contributed by atoms with Gasteiger partial charge in [0.2, 0.25) is 0 Å². The summed E-state index contributed by atoms with van der Waals surface area (Å²) in [6, 6.07) is 9.27. The van der Waals surface area contributed by atoms with Gasteiger partial charge in [0.1, 0.15) is 0 Å². The van der Waals surface area contributed by atoms with Crippen molar-refractivity contribution >= 4 is 15.9 Å². The van der Waals surface area contributed by atoms with Gasteiger partial charge in [0, 0.05) is 23.0 Å². The fourth-order valence-corrected chi connectivity index (χ4v) is 4.38. The second kappa shape index (κ2) is 7.26. The van der Waals surface area contributed by atoms with Crippen LogP contribution in [0.4, 0.5) is 0 Å². The van der Waals surface area contributed by atoms with Crippen LogP contribution in [-0.2, 0) is 6.54 Å². The zero-order valence-corrected chi connectivity index (χ0v) is 14.3. The highest BCUT2D eigenvalue weighted by atomic mass is 79.9. The van der Waals surface area contributed by atoms with Crippen molar-refractivity contribution in [3.8, 4) is 0 Å². The maximum absolute atomic E-state index is 10.4. The molecule has 1 heterocycles. The lowest BCUT2D eigenvalue weighted by molar-refractivity contribution is -0.00861. The van der Waals surface area contributed by atoms with E-state index in [2.05, 4.69) is 45.1 Å². The summed E-state index contributed by atoms with van der Waals surface area (Å²) in [6.07, 6.45) is 8.53. The molecule has 1 aliphatic heterocycles. The highest BCUT2D eigenvalue weighted by Crippen LogP contribution is 2.34. The molecule has 0 bridgehead atoms. The van der Waals surface area contributed by atoms with Gasteiger partial charge in [-0.1, -0.05) is 47.3 Å². The Bertz CT molecular complexity index is 447. The van der Waals surface area contributed by atoms with Crippen molar-refractivity contribution in [2.24, 2.45) is 5.92 Å². The van der Waals surface area contributed by atoms with E-state index in [0.717, 1.165) is 17.4 Å². The van der Waals surface area contributed by atoms with Crippen LogP contribution in [-0.4, -0.2) is 28.7 Å². The summed E-state index contributed by atoms with van der Waals surface area (Å²) in [7, 11) is 0. The van der Waals surface area contributed by atoms with Crippen molar-refractivity contribution in [1.29, 1.82) is 0 Å². The van der Waals surface area contributed by atoms with E-state index in [1.54, 1.807) is 0 Å². The number of likely N-dealkylation sites (tertiary alicyclic amines) is 1. The largest absolute Gasteiger partial charge is 0.393 e. The molecule has 2 fully saturated rings. The molecule has 1 aromatic carbocycles. The van der Waals surface area contributed by atoms with Gasteiger partial charge in [0.25, 0.3) is 0 Å². The number of aliphatic hydroxyl groups excluding tert-OH is 1. The van der Waals surface area contributed by atoms with E-state index in [9.17, 15) is 5.11 Å². The van der Waals surface area contributed by atoms with Gasteiger partial charge in [-0.05, 0) is 49.9 Å². The monoisotopic (exact) mass is 351 g/mol. The van der Waals surface area contributed by atoms with Crippen molar-refractivity contribution in [1.82, 2.24) is 4.90 Å². The Kier molecular flexibility index (Phi) is 5.36. The van der Waals surface area contributed by atoms with Crippen molar-refractivity contribution in [3.63, 3.8) is 0 Å². The van der Waals surface area contributed by atoms with Crippen LogP contribution in [0.2, 0.25) is 0 Å². The maximum Gasteiger partial charge on any atom is 0.0583 e. The predicted molar refractivity (Wildman–Crippen MR) is 90.2 cm³/mol. The van der Waals surface area contributed by atoms with Gasteiger partial charge >= 0.3 is 0 Å².